The van der Waals surface area contributed by atoms with Gasteiger partial charge in [0.05, 0.1) is 0 Å². The lowest BCUT2D eigenvalue weighted by Crippen LogP contribution is -2.07. The van der Waals surface area contributed by atoms with Crippen molar-refractivity contribution >= 4 is 5.69 Å². The van der Waals surface area contributed by atoms with Crippen LogP contribution in [0.5, 0.6) is 0 Å². The number of benzene rings is 1. The van der Waals surface area contributed by atoms with Crippen molar-refractivity contribution in [1.82, 2.24) is 4.90 Å². The molecule has 0 spiro atoms. The zero-order valence-electron chi connectivity index (χ0n) is 7.54. The summed E-state index contributed by atoms with van der Waals surface area (Å²) in [4.78, 5) is 2.25. The summed E-state index contributed by atoms with van der Waals surface area (Å²) in [6, 6.07) is 6.07. The van der Waals surface area contributed by atoms with Crippen molar-refractivity contribution in [2.24, 2.45) is 0 Å². The highest BCUT2D eigenvalue weighted by Gasteiger charge is 2.14. The van der Waals surface area contributed by atoms with E-state index in [1.807, 2.05) is 18.3 Å². The third kappa shape index (κ3) is 1.49. The molecular formula is C10H11N3. The number of nitrogens with one attached hydrogen (secondary N) is 1. The molecule has 0 aliphatic carbocycles. The average molecular weight is 173 g/mol. The number of rotatable bonds is 1. The lowest BCUT2D eigenvalue weighted by atomic mass is 10.1. The number of hydrogen-bond donors (Lipinski definition) is 1. The predicted molar refractivity (Wildman–Crippen MR) is 50.8 cm³/mol. The van der Waals surface area contributed by atoms with E-state index in [1.54, 1.807) is 0 Å². The van der Waals surface area contributed by atoms with Gasteiger partial charge in [-0.15, -0.1) is 0 Å². The minimum absolute atomic E-state index is 0.886. The van der Waals surface area contributed by atoms with Gasteiger partial charge >= 0.3 is 0 Å². The molecule has 0 saturated carbocycles. The fraction of sp³-hybridized carbons (Fsp3) is 0.300. The Morgan fingerprint density at radius 1 is 1.38 bits per heavy atom. The van der Waals surface area contributed by atoms with E-state index >= 15 is 0 Å². The van der Waals surface area contributed by atoms with Gasteiger partial charge in [-0.2, -0.15) is 5.26 Å². The molecule has 0 saturated heterocycles. The van der Waals surface area contributed by atoms with E-state index in [1.165, 1.54) is 11.1 Å². The second kappa shape index (κ2) is 3.08. The third-order valence-electron chi connectivity index (χ3n) is 2.29. The Labute approximate surface area is 77.6 Å². The van der Waals surface area contributed by atoms with Crippen LogP contribution in [0.1, 0.15) is 11.1 Å². The second-order valence-electron chi connectivity index (χ2n) is 3.39. The SMILES string of the molecule is CN1Cc2ccc(NC#N)cc2C1. The standard InChI is InChI=1S/C10H11N3/c1-13-5-8-2-3-10(12-7-11)4-9(8)6-13/h2-4,12H,5-6H2,1H3. The molecular weight excluding hydrogens is 162 g/mol. The topological polar surface area (TPSA) is 39.1 Å². The van der Waals surface area contributed by atoms with E-state index in [2.05, 4.69) is 23.3 Å². The lowest BCUT2D eigenvalue weighted by Gasteiger charge is -2.02. The first-order valence-corrected chi connectivity index (χ1v) is 4.25. The zero-order valence-corrected chi connectivity index (χ0v) is 7.54. The summed E-state index contributed by atoms with van der Waals surface area (Å²) in [6.45, 7) is 2.00. The fourth-order valence-electron chi connectivity index (χ4n) is 1.71. The first-order chi connectivity index (χ1) is 6.29. The Balaban J connectivity index is 2.30. The summed E-state index contributed by atoms with van der Waals surface area (Å²) in [7, 11) is 2.09. The van der Waals surface area contributed by atoms with Crippen LogP contribution in [0.3, 0.4) is 0 Å². The Morgan fingerprint density at radius 2 is 2.15 bits per heavy atom. The van der Waals surface area contributed by atoms with Gasteiger partial charge in [0.2, 0.25) is 0 Å². The van der Waals surface area contributed by atoms with Gasteiger partial charge in [-0.1, -0.05) is 6.07 Å². The summed E-state index contributed by atoms with van der Waals surface area (Å²) in [6.07, 6.45) is 1.92. The van der Waals surface area contributed by atoms with Gasteiger partial charge in [-0.25, -0.2) is 0 Å². The molecule has 1 aliphatic heterocycles. The maximum atomic E-state index is 8.45. The first kappa shape index (κ1) is 8.09. The molecule has 66 valence electrons. The maximum absolute atomic E-state index is 8.45. The number of nitriles is 1. The van der Waals surface area contributed by atoms with Crippen LogP contribution in [0.25, 0.3) is 0 Å². The van der Waals surface area contributed by atoms with Crippen LogP contribution in [0, 0.1) is 11.5 Å². The highest BCUT2D eigenvalue weighted by atomic mass is 15.1. The molecule has 2 rings (SSSR count). The van der Waals surface area contributed by atoms with Gasteiger partial charge in [-0.05, 0) is 30.3 Å². The molecule has 13 heavy (non-hydrogen) atoms. The molecule has 0 amide bonds. The highest BCUT2D eigenvalue weighted by Crippen LogP contribution is 2.24. The zero-order chi connectivity index (χ0) is 9.26. The quantitative estimate of drug-likeness (QED) is 0.517. The molecule has 0 unspecified atom stereocenters. The molecule has 3 nitrogen and oxygen atoms in total. The minimum Gasteiger partial charge on any atom is -0.298 e. The van der Waals surface area contributed by atoms with Crippen LogP contribution in [-0.2, 0) is 13.1 Å². The van der Waals surface area contributed by atoms with Crippen LogP contribution in [0.15, 0.2) is 18.2 Å². The van der Waals surface area contributed by atoms with E-state index in [0.717, 1.165) is 18.8 Å². The first-order valence-electron chi connectivity index (χ1n) is 4.25. The fourth-order valence-corrected chi connectivity index (χ4v) is 1.71. The van der Waals surface area contributed by atoms with Crippen LogP contribution in [-0.4, -0.2) is 11.9 Å². The van der Waals surface area contributed by atoms with Crippen LogP contribution in [0.2, 0.25) is 0 Å². The van der Waals surface area contributed by atoms with Crippen molar-refractivity contribution in [3.05, 3.63) is 29.3 Å². The molecule has 1 aromatic rings. The Bertz CT molecular complexity index is 365. The van der Waals surface area contributed by atoms with Crippen molar-refractivity contribution in [3.63, 3.8) is 0 Å². The molecule has 0 fully saturated rings. The van der Waals surface area contributed by atoms with Gasteiger partial charge in [0.1, 0.15) is 0 Å². The van der Waals surface area contributed by atoms with E-state index in [-0.39, 0.29) is 0 Å². The van der Waals surface area contributed by atoms with Crippen LogP contribution < -0.4 is 5.32 Å². The molecule has 1 N–H and O–H groups in total. The van der Waals surface area contributed by atoms with E-state index in [4.69, 9.17) is 5.26 Å². The average Bonchev–Trinajstić information content (AvgIpc) is 2.44. The number of anilines is 1. The van der Waals surface area contributed by atoms with Crippen molar-refractivity contribution < 1.29 is 0 Å². The normalized spacial score (nSPS) is 15.1. The Morgan fingerprint density at radius 3 is 2.92 bits per heavy atom. The monoisotopic (exact) mass is 173 g/mol. The van der Waals surface area contributed by atoms with Crippen molar-refractivity contribution in [1.29, 1.82) is 5.26 Å². The van der Waals surface area contributed by atoms with Crippen molar-refractivity contribution in [2.45, 2.75) is 13.1 Å². The smallest absolute Gasteiger partial charge is 0.181 e. The molecule has 1 aromatic carbocycles. The minimum atomic E-state index is 0.886. The van der Waals surface area contributed by atoms with Crippen molar-refractivity contribution in [3.8, 4) is 6.19 Å². The molecule has 0 bridgehead atoms. The third-order valence-corrected chi connectivity index (χ3v) is 2.29. The summed E-state index contributed by atoms with van der Waals surface area (Å²) in [5.74, 6) is 0. The second-order valence-corrected chi connectivity index (χ2v) is 3.39. The Hall–Kier alpha value is -1.53. The number of fused-ring (bicyclic) bond motifs is 1. The Kier molecular flexibility index (Phi) is 1.91. The molecule has 0 atom stereocenters. The predicted octanol–water partition coefficient (Wildman–Crippen LogP) is 1.52. The lowest BCUT2D eigenvalue weighted by molar-refractivity contribution is 0.353. The van der Waals surface area contributed by atoms with Gasteiger partial charge in [0, 0.05) is 18.8 Å². The van der Waals surface area contributed by atoms with Gasteiger partial charge < -0.3 is 0 Å². The number of nitrogens with zero attached hydrogens (tertiary/aromatic N) is 2. The summed E-state index contributed by atoms with van der Waals surface area (Å²) in [5, 5.41) is 11.1. The molecule has 0 aromatic heterocycles. The van der Waals surface area contributed by atoms with Crippen molar-refractivity contribution in [2.75, 3.05) is 12.4 Å². The van der Waals surface area contributed by atoms with E-state index in [0.29, 0.717) is 0 Å². The summed E-state index contributed by atoms with van der Waals surface area (Å²) in [5.41, 5.74) is 3.57. The van der Waals surface area contributed by atoms with Gasteiger partial charge in [-0.3, -0.25) is 10.2 Å². The van der Waals surface area contributed by atoms with E-state index < -0.39 is 0 Å². The summed E-state index contributed by atoms with van der Waals surface area (Å²) < 4.78 is 0. The molecule has 0 radical (unpaired) electrons. The molecule has 3 heteroatoms. The van der Waals surface area contributed by atoms with Gasteiger partial charge in [0.15, 0.2) is 6.19 Å². The molecule has 1 heterocycles. The van der Waals surface area contributed by atoms with Crippen LogP contribution >= 0.6 is 0 Å². The largest absolute Gasteiger partial charge is 0.298 e. The summed E-state index contributed by atoms with van der Waals surface area (Å²) >= 11 is 0. The van der Waals surface area contributed by atoms with E-state index in [9.17, 15) is 0 Å². The van der Waals surface area contributed by atoms with Crippen LogP contribution in [0.4, 0.5) is 5.69 Å². The maximum Gasteiger partial charge on any atom is 0.181 e. The molecule has 1 aliphatic rings. The van der Waals surface area contributed by atoms with Gasteiger partial charge in [0.25, 0.3) is 0 Å². The number of hydrogen-bond acceptors (Lipinski definition) is 3. The highest BCUT2D eigenvalue weighted by molar-refractivity contribution is 5.51.